The summed E-state index contributed by atoms with van der Waals surface area (Å²) in [5, 5.41) is 12.6. The van der Waals surface area contributed by atoms with E-state index in [1.165, 1.54) is 0 Å². The summed E-state index contributed by atoms with van der Waals surface area (Å²) in [5.41, 5.74) is 4.23. The molecule has 22 heavy (non-hydrogen) atoms. The van der Waals surface area contributed by atoms with Gasteiger partial charge in [-0.1, -0.05) is 12.1 Å². The van der Waals surface area contributed by atoms with Crippen molar-refractivity contribution < 1.29 is 14.5 Å². The highest BCUT2D eigenvalue weighted by molar-refractivity contribution is 6.61. The molecule has 1 aliphatic rings. The van der Waals surface area contributed by atoms with Gasteiger partial charge < -0.3 is 15.0 Å². The second-order valence-corrected chi connectivity index (χ2v) is 5.35. The largest absolute Gasteiger partial charge is 0.491 e. The minimum absolute atomic E-state index is 0.157. The van der Waals surface area contributed by atoms with E-state index in [9.17, 15) is 9.82 Å². The molecule has 2 aromatic rings. The van der Waals surface area contributed by atoms with Gasteiger partial charge in [-0.25, -0.2) is 0 Å². The normalized spacial score (nSPS) is 13.1. The molecule has 0 saturated heterocycles. The number of aromatic nitrogens is 1. The van der Waals surface area contributed by atoms with Gasteiger partial charge in [0.1, 0.15) is 0 Å². The fourth-order valence-electron chi connectivity index (χ4n) is 2.53. The minimum Gasteiger partial charge on any atom is -0.423 e. The number of fused-ring (bicyclic) bond motifs is 1. The summed E-state index contributed by atoms with van der Waals surface area (Å²) in [6.07, 6.45) is 2.45. The number of hydrogen-bond donors (Lipinski definition) is 2. The second-order valence-electron chi connectivity index (χ2n) is 5.35. The van der Waals surface area contributed by atoms with E-state index in [4.69, 9.17) is 4.65 Å². The van der Waals surface area contributed by atoms with Crippen LogP contribution in [0.25, 0.3) is 0 Å². The third kappa shape index (κ3) is 3.03. The van der Waals surface area contributed by atoms with Crippen LogP contribution in [0.4, 0.5) is 0 Å². The van der Waals surface area contributed by atoms with Crippen LogP contribution < -0.4 is 10.8 Å². The van der Waals surface area contributed by atoms with Gasteiger partial charge >= 0.3 is 7.12 Å². The van der Waals surface area contributed by atoms with Crippen molar-refractivity contribution in [2.45, 2.75) is 20.0 Å². The van der Waals surface area contributed by atoms with E-state index in [1.54, 1.807) is 18.3 Å². The summed E-state index contributed by atoms with van der Waals surface area (Å²) in [5.74, 6) is -0.157. The Kier molecular flexibility index (Phi) is 4.22. The molecule has 2 N–H and O–H groups in total. The molecular formula is C16H17BN2O3. The molecule has 3 rings (SSSR count). The van der Waals surface area contributed by atoms with Gasteiger partial charge in [0.15, 0.2) is 0 Å². The number of benzene rings is 1. The third-order valence-electron chi connectivity index (χ3n) is 3.84. The first kappa shape index (κ1) is 14.7. The number of carbonyl (C=O) groups excluding carboxylic acids is 1. The number of rotatable bonds is 4. The summed E-state index contributed by atoms with van der Waals surface area (Å²) in [6, 6.07) is 9.17. The Morgan fingerprint density at radius 2 is 2.32 bits per heavy atom. The van der Waals surface area contributed by atoms with Crippen LogP contribution in [-0.2, 0) is 17.7 Å². The Morgan fingerprint density at radius 1 is 1.45 bits per heavy atom. The molecule has 1 amide bonds. The maximum atomic E-state index is 12.2. The highest BCUT2D eigenvalue weighted by Gasteiger charge is 2.27. The zero-order valence-corrected chi connectivity index (χ0v) is 12.4. The fourth-order valence-corrected chi connectivity index (χ4v) is 2.53. The third-order valence-corrected chi connectivity index (χ3v) is 3.84. The first-order valence-electron chi connectivity index (χ1n) is 7.26. The molecule has 0 bridgehead atoms. The number of amides is 1. The Balaban J connectivity index is 1.61. The van der Waals surface area contributed by atoms with Crippen LogP contribution in [0.5, 0.6) is 0 Å². The molecule has 0 unspecified atom stereocenters. The number of aryl methyl sites for hydroxylation is 1. The molecule has 0 saturated carbocycles. The van der Waals surface area contributed by atoms with Gasteiger partial charge in [-0.3, -0.25) is 9.78 Å². The first-order chi connectivity index (χ1) is 10.6. The maximum Gasteiger partial charge on any atom is 0.491 e. The summed E-state index contributed by atoms with van der Waals surface area (Å²) >= 11 is 0. The van der Waals surface area contributed by atoms with E-state index < -0.39 is 7.12 Å². The molecule has 112 valence electrons. The van der Waals surface area contributed by atoms with E-state index >= 15 is 0 Å². The van der Waals surface area contributed by atoms with Crippen molar-refractivity contribution in [2.24, 2.45) is 0 Å². The van der Waals surface area contributed by atoms with E-state index in [0.29, 0.717) is 30.6 Å². The Morgan fingerprint density at radius 3 is 3.14 bits per heavy atom. The lowest BCUT2D eigenvalue weighted by molar-refractivity contribution is 0.0954. The highest BCUT2D eigenvalue weighted by Crippen LogP contribution is 2.11. The van der Waals surface area contributed by atoms with E-state index in [-0.39, 0.29) is 5.91 Å². The summed E-state index contributed by atoms with van der Waals surface area (Å²) in [6.45, 7) is 2.91. The number of carbonyl (C=O) groups is 1. The van der Waals surface area contributed by atoms with Crippen molar-refractivity contribution in [3.8, 4) is 0 Å². The number of hydrogen-bond acceptors (Lipinski definition) is 4. The molecular weight excluding hydrogens is 279 g/mol. The molecule has 2 heterocycles. The van der Waals surface area contributed by atoms with Crippen molar-refractivity contribution in [2.75, 3.05) is 6.54 Å². The van der Waals surface area contributed by atoms with Crippen molar-refractivity contribution in [1.82, 2.24) is 10.3 Å². The van der Waals surface area contributed by atoms with E-state index in [1.807, 2.05) is 25.1 Å². The standard InChI is InChI=1S/C16H17BN2O3/c1-11-3-2-7-18-15(11)6-8-19-16(20)12-4-5-13-10-22-17(21)14(13)9-12/h2-5,7,9,21H,6,8,10H2,1H3,(H,19,20). The Hall–Kier alpha value is -2.18. The lowest BCUT2D eigenvalue weighted by atomic mass is 9.79. The van der Waals surface area contributed by atoms with Crippen molar-refractivity contribution in [3.05, 3.63) is 58.9 Å². The van der Waals surface area contributed by atoms with Gasteiger partial charge in [-0.15, -0.1) is 0 Å². The Bertz CT molecular complexity index is 706. The van der Waals surface area contributed by atoms with E-state index in [0.717, 1.165) is 16.8 Å². The van der Waals surface area contributed by atoms with Crippen LogP contribution in [0.1, 0.15) is 27.2 Å². The number of nitrogens with one attached hydrogen (secondary N) is 1. The molecule has 0 aliphatic carbocycles. The first-order valence-corrected chi connectivity index (χ1v) is 7.26. The van der Waals surface area contributed by atoms with Crippen LogP contribution in [0.3, 0.4) is 0 Å². The monoisotopic (exact) mass is 296 g/mol. The molecule has 1 aromatic carbocycles. The predicted octanol–water partition coefficient (Wildman–Crippen LogP) is 0.580. The van der Waals surface area contributed by atoms with Crippen LogP contribution in [-0.4, -0.2) is 29.6 Å². The Labute approximate surface area is 129 Å². The van der Waals surface area contributed by atoms with Crippen molar-refractivity contribution >= 4 is 18.5 Å². The maximum absolute atomic E-state index is 12.2. The highest BCUT2D eigenvalue weighted by atomic mass is 16.5. The molecule has 0 fully saturated rings. The van der Waals surface area contributed by atoms with Gasteiger partial charge in [-0.05, 0) is 41.7 Å². The smallest absolute Gasteiger partial charge is 0.423 e. The quantitative estimate of drug-likeness (QED) is 0.810. The van der Waals surface area contributed by atoms with Crippen molar-refractivity contribution in [3.63, 3.8) is 0 Å². The van der Waals surface area contributed by atoms with Gasteiger partial charge in [0.05, 0.1) is 6.61 Å². The molecule has 6 heteroatoms. The predicted molar refractivity (Wildman–Crippen MR) is 83.8 cm³/mol. The number of pyridine rings is 1. The van der Waals surface area contributed by atoms with Gasteiger partial charge in [0, 0.05) is 30.4 Å². The summed E-state index contributed by atoms with van der Waals surface area (Å²) in [7, 11) is -0.932. The SMILES string of the molecule is Cc1cccnc1CCNC(=O)c1ccc2c(c1)B(O)OC2. The summed E-state index contributed by atoms with van der Waals surface area (Å²) < 4.78 is 5.13. The zero-order valence-electron chi connectivity index (χ0n) is 12.4. The average molecular weight is 296 g/mol. The van der Waals surface area contributed by atoms with Crippen LogP contribution >= 0.6 is 0 Å². The lowest BCUT2D eigenvalue weighted by Gasteiger charge is -2.08. The van der Waals surface area contributed by atoms with Crippen molar-refractivity contribution in [1.29, 1.82) is 0 Å². The van der Waals surface area contributed by atoms with Crippen LogP contribution in [0, 0.1) is 6.92 Å². The number of nitrogens with zero attached hydrogens (tertiary/aromatic N) is 1. The second kappa shape index (κ2) is 6.29. The van der Waals surface area contributed by atoms with Crippen LogP contribution in [0.2, 0.25) is 0 Å². The van der Waals surface area contributed by atoms with E-state index in [2.05, 4.69) is 10.3 Å². The zero-order chi connectivity index (χ0) is 15.5. The minimum atomic E-state index is -0.932. The van der Waals surface area contributed by atoms with Crippen LogP contribution in [0.15, 0.2) is 36.5 Å². The van der Waals surface area contributed by atoms with Gasteiger partial charge in [0.25, 0.3) is 5.91 Å². The average Bonchev–Trinajstić information content (AvgIpc) is 2.90. The molecule has 5 nitrogen and oxygen atoms in total. The fraction of sp³-hybridized carbons (Fsp3) is 0.250. The molecule has 0 radical (unpaired) electrons. The molecule has 0 spiro atoms. The molecule has 1 aliphatic heterocycles. The summed E-state index contributed by atoms with van der Waals surface area (Å²) in [4.78, 5) is 16.5. The lowest BCUT2D eigenvalue weighted by Crippen LogP contribution is -2.31. The van der Waals surface area contributed by atoms with Gasteiger partial charge in [-0.2, -0.15) is 0 Å². The van der Waals surface area contributed by atoms with Gasteiger partial charge in [0.2, 0.25) is 0 Å². The molecule has 1 aromatic heterocycles. The molecule has 0 atom stereocenters. The topological polar surface area (TPSA) is 71.5 Å².